The lowest BCUT2D eigenvalue weighted by Crippen LogP contribution is -2.13. The average molecular weight is 449 g/mol. The van der Waals surface area contributed by atoms with Gasteiger partial charge in [-0.25, -0.2) is 0 Å². The lowest BCUT2D eigenvalue weighted by Gasteiger charge is -2.09. The molecule has 1 aromatic heterocycles. The molecule has 11 nitrogen and oxygen atoms in total. The van der Waals surface area contributed by atoms with Crippen molar-refractivity contribution in [2.75, 3.05) is 17.1 Å². The first-order valence-corrected chi connectivity index (χ1v) is 10.6. The van der Waals surface area contributed by atoms with Crippen LogP contribution in [0.25, 0.3) is 0 Å². The molecule has 1 heterocycles. The normalized spacial score (nSPS) is 11.0. The summed E-state index contributed by atoms with van der Waals surface area (Å²) in [6.45, 7) is 1.77. The van der Waals surface area contributed by atoms with Crippen LogP contribution < -0.4 is 14.8 Å². The highest BCUT2D eigenvalue weighted by Crippen LogP contribution is 2.31. The first-order chi connectivity index (χ1) is 14.2. The Morgan fingerprint density at radius 3 is 2.60 bits per heavy atom. The van der Waals surface area contributed by atoms with Gasteiger partial charge in [0, 0.05) is 17.7 Å². The van der Waals surface area contributed by atoms with E-state index in [0.29, 0.717) is 16.9 Å². The molecule has 156 valence electrons. The molecule has 0 aliphatic rings. The quantitative estimate of drug-likeness (QED) is 0.317. The Morgan fingerprint density at radius 1 is 1.20 bits per heavy atom. The molecule has 0 spiro atoms. The maximum absolute atomic E-state index is 12.6. The monoisotopic (exact) mass is 449 g/mol. The van der Waals surface area contributed by atoms with E-state index in [-0.39, 0.29) is 22.3 Å². The van der Waals surface area contributed by atoms with Crippen molar-refractivity contribution in [2.24, 2.45) is 0 Å². The number of nitrogens with one attached hydrogen (secondary N) is 2. The van der Waals surface area contributed by atoms with Gasteiger partial charge in [0.2, 0.25) is 5.13 Å². The zero-order valence-corrected chi connectivity index (χ0v) is 17.3. The lowest BCUT2D eigenvalue weighted by atomic mass is 10.1. The number of aryl methyl sites for hydroxylation is 1. The Kier molecular flexibility index (Phi) is 5.94. The van der Waals surface area contributed by atoms with Crippen LogP contribution in [0.15, 0.2) is 46.8 Å². The first-order valence-electron chi connectivity index (χ1n) is 8.27. The summed E-state index contributed by atoms with van der Waals surface area (Å²) in [6.07, 6.45) is 0. The van der Waals surface area contributed by atoms with Crippen molar-refractivity contribution >= 4 is 43.8 Å². The van der Waals surface area contributed by atoms with E-state index in [9.17, 15) is 23.3 Å². The van der Waals surface area contributed by atoms with E-state index in [1.807, 2.05) is 0 Å². The topological polar surface area (TPSA) is 153 Å². The van der Waals surface area contributed by atoms with Crippen LogP contribution in [0.2, 0.25) is 0 Å². The highest BCUT2D eigenvalue weighted by Gasteiger charge is 2.24. The third-order valence-corrected chi connectivity index (χ3v) is 6.46. The Bertz CT molecular complexity index is 1220. The second-order valence-corrected chi connectivity index (χ2v) is 8.72. The fourth-order valence-electron chi connectivity index (χ4n) is 2.44. The van der Waals surface area contributed by atoms with Crippen LogP contribution in [0.1, 0.15) is 15.9 Å². The van der Waals surface area contributed by atoms with Gasteiger partial charge >= 0.3 is 0 Å². The molecule has 0 bridgehead atoms. The van der Waals surface area contributed by atoms with E-state index in [1.54, 1.807) is 31.2 Å². The van der Waals surface area contributed by atoms with Crippen LogP contribution >= 0.6 is 11.3 Å². The predicted molar refractivity (Wildman–Crippen MR) is 109 cm³/mol. The number of nitrogens with zero attached hydrogens (tertiary/aromatic N) is 3. The highest BCUT2D eigenvalue weighted by molar-refractivity contribution is 7.94. The molecule has 2 aromatic carbocycles. The summed E-state index contributed by atoms with van der Waals surface area (Å²) in [5.41, 5.74) is 0.702. The van der Waals surface area contributed by atoms with Crippen molar-refractivity contribution in [3.63, 3.8) is 0 Å². The smallest absolute Gasteiger partial charge is 0.291 e. The van der Waals surface area contributed by atoms with Crippen molar-refractivity contribution in [3.8, 4) is 5.75 Å². The standard InChI is InChI=1S/C17H15N5O6S2/c1-10-5-3-4-6-12(10)15(23)18-16-19-20-17(29-16)30(26,27)21-13-9-11(22(24)25)7-8-14(13)28-2/h3-9,21H,1-2H3,(H,18,19,23). The van der Waals surface area contributed by atoms with Gasteiger partial charge in [0.05, 0.1) is 17.7 Å². The summed E-state index contributed by atoms with van der Waals surface area (Å²) < 4.78 is 32.1. The van der Waals surface area contributed by atoms with Crippen LogP contribution in [0.3, 0.4) is 0 Å². The van der Waals surface area contributed by atoms with Gasteiger partial charge in [-0.05, 0) is 24.6 Å². The number of non-ortho nitro benzene ring substituents is 1. The van der Waals surface area contributed by atoms with Crippen LogP contribution in [0.5, 0.6) is 5.75 Å². The number of aromatic nitrogens is 2. The number of ether oxygens (including phenoxy) is 1. The van der Waals surface area contributed by atoms with Gasteiger partial charge in [-0.15, -0.1) is 10.2 Å². The van der Waals surface area contributed by atoms with Gasteiger partial charge in [-0.1, -0.05) is 29.5 Å². The zero-order chi connectivity index (χ0) is 21.9. The number of carbonyl (C=O) groups is 1. The Morgan fingerprint density at radius 2 is 1.93 bits per heavy atom. The number of hydrogen-bond acceptors (Lipinski definition) is 9. The maximum Gasteiger partial charge on any atom is 0.291 e. The van der Waals surface area contributed by atoms with E-state index < -0.39 is 25.2 Å². The molecular formula is C17H15N5O6S2. The largest absolute Gasteiger partial charge is 0.495 e. The highest BCUT2D eigenvalue weighted by atomic mass is 32.2. The predicted octanol–water partition coefficient (Wildman–Crippen LogP) is 2.82. The van der Waals surface area contributed by atoms with Crippen molar-refractivity contribution in [3.05, 3.63) is 63.7 Å². The third-order valence-electron chi connectivity index (χ3n) is 3.88. The number of rotatable bonds is 7. The van der Waals surface area contributed by atoms with Crippen molar-refractivity contribution in [1.82, 2.24) is 10.2 Å². The van der Waals surface area contributed by atoms with Gasteiger partial charge in [0.25, 0.3) is 26.0 Å². The molecule has 0 atom stereocenters. The van der Waals surface area contributed by atoms with Crippen LogP contribution in [-0.4, -0.2) is 36.6 Å². The Hall–Kier alpha value is -3.58. The Balaban J connectivity index is 1.83. The second-order valence-electron chi connectivity index (χ2n) is 5.89. The number of sulfonamides is 1. The minimum absolute atomic E-state index is 0.0189. The fourth-order valence-corrected chi connectivity index (χ4v) is 4.40. The fraction of sp³-hybridized carbons (Fsp3) is 0.118. The zero-order valence-electron chi connectivity index (χ0n) is 15.6. The van der Waals surface area contributed by atoms with Crippen molar-refractivity contribution in [2.45, 2.75) is 11.3 Å². The van der Waals surface area contributed by atoms with E-state index in [4.69, 9.17) is 4.74 Å². The average Bonchev–Trinajstić information content (AvgIpc) is 3.17. The van der Waals surface area contributed by atoms with E-state index in [1.165, 1.54) is 19.2 Å². The molecule has 0 fully saturated rings. The molecule has 0 saturated heterocycles. The SMILES string of the molecule is COc1ccc([N+](=O)[O-])cc1NS(=O)(=O)c1nnc(NC(=O)c2ccccc2C)s1. The Labute approximate surface area is 174 Å². The van der Waals surface area contributed by atoms with Gasteiger partial charge in [0.15, 0.2) is 0 Å². The molecule has 0 radical (unpaired) electrons. The summed E-state index contributed by atoms with van der Waals surface area (Å²) in [5.74, 6) is -0.372. The van der Waals surface area contributed by atoms with Gasteiger partial charge < -0.3 is 4.74 Å². The van der Waals surface area contributed by atoms with Gasteiger partial charge in [-0.3, -0.25) is 24.9 Å². The molecular weight excluding hydrogens is 434 g/mol. The van der Waals surface area contributed by atoms with Crippen LogP contribution in [0, 0.1) is 17.0 Å². The molecule has 3 rings (SSSR count). The lowest BCUT2D eigenvalue weighted by molar-refractivity contribution is -0.384. The minimum Gasteiger partial charge on any atom is -0.495 e. The number of hydrogen-bond donors (Lipinski definition) is 2. The van der Waals surface area contributed by atoms with Crippen LogP contribution in [-0.2, 0) is 10.0 Å². The summed E-state index contributed by atoms with van der Waals surface area (Å²) in [4.78, 5) is 22.6. The van der Waals surface area contributed by atoms with Crippen molar-refractivity contribution < 1.29 is 22.9 Å². The van der Waals surface area contributed by atoms with Gasteiger partial charge in [0.1, 0.15) is 5.75 Å². The molecule has 2 N–H and O–H groups in total. The molecule has 0 aliphatic heterocycles. The summed E-state index contributed by atoms with van der Waals surface area (Å²) in [5, 5.41) is 20.7. The first kappa shape index (κ1) is 21.1. The molecule has 3 aromatic rings. The molecule has 0 aliphatic carbocycles. The number of nitro benzene ring substituents is 1. The second kappa shape index (κ2) is 8.42. The van der Waals surface area contributed by atoms with Gasteiger partial charge in [-0.2, -0.15) is 8.42 Å². The van der Waals surface area contributed by atoms with Crippen molar-refractivity contribution in [1.29, 1.82) is 0 Å². The molecule has 30 heavy (non-hydrogen) atoms. The number of amides is 1. The summed E-state index contributed by atoms with van der Waals surface area (Å²) in [7, 11) is -2.94. The maximum atomic E-state index is 12.6. The number of nitro groups is 1. The number of methoxy groups -OCH3 is 1. The minimum atomic E-state index is -4.24. The number of carbonyl (C=O) groups excluding carboxylic acids is 1. The number of benzene rings is 2. The molecule has 13 heteroatoms. The third kappa shape index (κ3) is 4.52. The van der Waals surface area contributed by atoms with E-state index >= 15 is 0 Å². The summed E-state index contributed by atoms with van der Waals surface area (Å²) >= 11 is 0.633. The summed E-state index contributed by atoms with van der Waals surface area (Å²) in [6, 6.07) is 10.4. The molecule has 0 saturated carbocycles. The van der Waals surface area contributed by atoms with Crippen LogP contribution in [0.4, 0.5) is 16.5 Å². The number of anilines is 2. The van der Waals surface area contributed by atoms with E-state index in [0.717, 1.165) is 11.6 Å². The van der Waals surface area contributed by atoms with E-state index in [2.05, 4.69) is 20.2 Å². The molecule has 1 amide bonds. The molecule has 0 unspecified atom stereocenters.